The zero-order valence-electron chi connectivity index (χ0n) is 13.7. The van der Waals surface area contributed by atoms with E-state index in [4.69, 9.17) is 0 Å². The summed E-state index contributed by atoms with van der Waals surface area (Å²) in [6.07, 6.45) is 3.01. The predicted octanol–water partition coefficient (Wildman–Crippen LogP) is 3.67. The Kier molecular flexibility index (Phi) is 4.08. The smallest absolute Gasteiger partial charge is 0.255 e. The zero-order chi connectivity index (χ0) is 15.9. The number of thiazole rings is 1. The normalized spacial score (nSPS) is 22.1. The summed E-state index contributed by atoms with van der Waals surface area (Å²) in [5.74, 6) is 1.32. The van der Waals surface area contributed by atoms with Crippen LogP contribution in [-0.2, 0) is 0 Å². The van der Waals surface area contributed by atoms with Crippen LogP contribution in [0.2, 0.25) is 0 Å². The van der Waals surface area contributed by atoms with Crippen LogP contribution in [0.5, 0.6) is 0 Å². The third-order valence-corrected chi connectivity index (χ3v) is 5.18. The summed E-state index contributed by atoms with van der Waals surface area (Å²) in [7, 11) is 0. The lowest BCUT2D eigenvalue weighted by Gasteiger charge is -2.35. The van der Waals surface area contributed by atoms with E-state index in [2.05, 4.69) is 23.4 Å². The van der Waals surface area contributed by atoms with Crippen LogP contribution in [0.1, 0.15) is 42.0 Å². The number of amides is 1. The largest absolute Gasteiger partial charge is 0.338 e. The van der Waals surface area contributed by atoms with E-state index in [1.807, 2.05) is 30.2 Å². The van der Waals surface area contributed by atoms with Gasteiger partial charge in [-0.05, 0) is 38.2 Å². The molecule has 22 heavy (non-hydrogen) atoms. The molecule has 0 spiro atoms. The Morgan fingerprint density at radius 3 is 2.55 bits per heavy atom. The number of piperidine rings is 1. The van der Waals surface area contributed by atoms with Crippen LogP contribution in [0, 0.1) is 25.7 Å². The van der Waals surface area contributed by atoms with Gasteiger partial charge in [0.05, 0.1) is 5.56 Å². The Balaban J connectivity index is 1.92. The molecule has 0 aliphatic carbocycles. The summed E-state index contributed by atoms with van der Waals surface area (Å²) in [5.41, 5.74) is 2.87. The molecule has 118 valence electrons. The van der Waals surface area contributed by atoms with Crippen LogP contribution in [0.3, 0.4) is 0 Å². The molecule has 1 fully saturated rings. The first kappa shape index (κ1) is 15.3. The van der Waals surface area contributed by atoms with Crippen LogP contribution in [0.15, 0.2) is 17.6 Å². The molecule has 0 N–H and O–H groups in total. The fraction of sp³-hybridized carbons (Fsp3) is 0.529. The number of hydrogen-bond donors (Lipinski definition) is 0. The number of nitrogens with zero attached hydrogens (tertiary/aromatic N) is 3. The molecule has 0 radical (unpaired) electrons. The first-order valence-corrected chi connectivity index (χ1v) is 8.73. The Morgan fingerprint density at radius 1 is 1.27 bits per heavy atom. The molecule has 2 aromatic heterocycles. The van der Waals surface area contributed by atoms with Gasteiger partial charge in [0.2, 0.25) is 0 Å². The number of hydrogen-bond acceptors (Lipinski definition) is 3. The minimum atomic E-state index is 0.161. The van der Waals surface area contributed by atoms with Crippen molar-refractivity contribution >= 4 is 17.2 Å². The van der Waals surface area contributed by atoms with Gasteiger partial charge in [-0.1, -0.05) is 13.8 Å². The van der Waals surface area contributed by atoms with E-state index in [0.717, 1.165) is 35.2 Å². The molecule has 1 aliphatic rings. The van der Waals surface area contributed by atoms with E-state index in [1.165, 1.54) is 6.42 Å². The van der Waals surface area contributed by atoms with Gasteiger partial charge in [-0.15, -0.1) is 11.3 Å². The van der Waals surface area contributed by atoms with Gasteiger partial charge >= 0.3 is 0 Å². The number of aromatic nitrogens is 2. The van der Waals surface area contributed by atoms with Gasteiger partial charge in [0.15, 0.2) is 5.13 Å². The van der Waals surface area contributed by atoms with Gasteiger partial charge in [-0.2, -0.15) is 0 Å². The Bertz CT molecular complexity index is 664. The van der Waals surface area contributed by atoms with Crippen LogP contribution in [0.25, 0.3) is 5.13 Å². The summed E-state index contributed by atoms with van der Waals surface area (Å²) >= 11 is 1.59. The molecule has 2 unspecified atom stereocenters. The molecule has 0 saturated carbocycles. The average Bonchev–Trinajstić information content (AvgIpc) is 3.05. The minimum Gasteiger partial charge on any atom is -0.338 e. The van der Waals surface area contributed by atoms with Crippen molar-refractivity contribution < 1.29 is 4.79 Å². The molecule has 2 atom stereocenters. The highest BCUT2D eigenvalue weighted by Gasteiger charge is 2.28. The van der Waals surface area contributed by atoms with Crippen molar-refractivity contribution in [2.45, 2.75) is 34.1 Å². The summed E-state index contributed by atoms with van der Waals surface area (Å²) in [4.78, 5) is 19.3. The highest BCUT2D eigenvalue weighted by Crippen LogP contribution is 2.26. The number of carbonyl (C=O) groups is 1. The van der Waals surface area contributed by atoms with Crippen molar-refractivity contribution in [3.63, 3.8) is 0 Å². The second-order valence-electron chi connectivity index (χ2n) is 6.59. The zero-order valence-corrected chi connectivity index (χ0v) is 14.5. The topological polar surface area (TPSA) is 38.1 Å². The standard InChI is InChI=1S/C17H23N3OS/c1-11-7-12(2)10-19(9-11)16(21)15-8-13(3)20(14(15)4)17-18-5-6-22-17/h5-6,8,11-12H,7,9-10H2,1-4H3. The third-order valence-electron chi connectivity index (χ3n) is 4.43. The fourth-order valence-corrected chi connectivity index (χ4v) is 4.35. The highest BCUT2D eigenvalue weighted by molar-refractivity contribution is 7.12. The van der Waals surface area contributed by atoms with Gasteiger partial charge < -0.3 is 4.90 Å². The van der Waals surface area contributed by atoms with Crippen LogP contribution in [0.4, 0.5) is 0 Å². The maximum Gasteiger partial charge on any atom is 0.255 e. The molecule has 4 nitrogen and oxygen atoms in total. The van der Waals surface area contributed by atoms with Gasteiger partial charge in [0.1, 0.15) is 0 Å². The SMILES string of the molecule is Cc1cc(C(=O)N2CC(C)CC(C)C2)c(C)n1-c1nccs1. The number of aryl methyl sites for hydroxylation is 1. The van der Waals surface area contributed by atoms with Crippen molar-refractivity contribution in [2.24, 2.45) is 11.8 Å². The molecule has 1 aliphatic heterocycles. The van der Waals surface area contributed by atoms with Crippen LogP contribution in [-0.4, -0.2) is 33.4 Å². The predicted molar refractivity (Wildman–Crippen MR) is 89.8 cm³/mol. The van der Waals surface area contributed by atoms with Crippen molar-refractivity contribution in [3.05, 3.63) is 34.6 Å². The summed E-state index contributed by atoms with van der Waals surface area (Å²) in [6.45, 7) is 10.2. The van der Waals surface area contributed by atoms with Crippen molar-refractivity contribution in [2.75, 3.05) is 13.1 Å². The summed E-state index contributed by atoms with van der Waals surface area (Å²) < 4.78 is 2.08. The Hall–Kier alpha value is -1.62. The van der Waals surface area contributed by atoms with Crippen molar-refractivity contribution in [1.82, 2.24) is 14.5 Å². The van der Waals surface area contributed by atoms with E-state index >= 15 is 0 Å². The molecule has 1 saturated heterocycles. The first-order chi connectivity index (χ1) is 10.5. The Labute approximate surface area is 135 Å². The van der Waals surface area contributed by atoms with Gasteiger partial charge in [0.25, 0.3) is 5.91 Å². The fourth-order valence-electron chi connectivity index (χ4n) is 3.60. The van der Waals surface area contributed by atoms with E-state index in [1.54, 1.807) is 17.5 Å². The summed E-state index contributed by atoms with van der Waals surface area (Å²) in [5, 5.41) is 2.89. The lowest BCUT2D eigenvalue weighted by molar-refractivity contribution is 0.0622. The molecule has 5 heteroatoms. The van der Waals surface area contributed by atoms with Gasteiger partial charge in [0, 0.05) is 36.1 Å². The lowest BCUT2D eigenvalue weighted by Crippen LogP contribution is -2.42. The molecule has 3 heterocycles. The van der Waals surface area contributed by atoms with Crippen molar-refractivity contribution in [3.8, 4) is 5.13 Å². The Morgan fingerprint density at radius 2 is 1.95 bits per heavy atom. The molecule has 3 rings (SSSR count). The maximum atomic E-state index is 12.9. The molecule has 0 aromatic carbocycles. The van der Waals surface area contributed by atoms with E-state index < -0.39 is 0 Å². The lowest BCUT2D eigenvalue weighted by atomic mass is 9.91. The average molecular weight is 317 g/mol. The third kappa shape index (κ3) is 2.70. The van der Waals surface area contributed by atoms with Gasteiger partial charge in [-0.25, -0.2) is 4.98 Å². The second-order valence-corrected chi connectivity index (χ2v) is 7.46. The number of rotatable bonds is 2. The maximum absolute atomic E-state index is 12.9. The monoisotopic (exact) mass is 317 g/mol. The number of likely N-dealkylation sites (tertiary alicyclic amines) is 1. The second kappa shape index (κ2) is 5.88. The van der Waals surface area contributed by atoms with E-state index in [9.17, 15) is 4.79 Å². The van der Waals surface area contributed by atoms with Gasteiger partial charge in [-0.3, -0.25) is 9.36 Å². The molecule has 1 amide bonds. The van der Waals surface area contributed by atoms with Crippen molar-refractivity contribution in [1.29, 1.82) is 0 Å². The highest BCUT2D eigenvalue weighted by atomic mass is 32.1. The summed E-state index contributed by atoms with van der Waals surface area (Å²) in [6, 6.07) is 2.00. The molecule has 2 aromatic rings. The molecular weight excluding hydrogens is 294 g/mol. The quantitative estimate of drug-likeness (QED) is 0.847. The molecule has 0 bridgehead atoms. The first-order valence-electron chi connectivity index (χ1n) is 7.85. The minimum absolute atomic E-state index is 0.161. The number of carbonyl (C=O) groups excluding carboxylic acids is 1. The molecular formula is C17H23N3OS. The van der Waals surface area contributed by atoms with Crippen LogP contribution < -0.4 is 0 Å². The van der Waals surface area contributed by atoms with E-state index in [-0.39, 0.29) is 5.91 Å². The van der Waals surface area contributed by atoms with E-state index in [0.29, 0.717) is 11.8 Å². The van der Waals surface area contributed by atoms with Crippen LogP contribution >= 0.6 is 11.3 Å².